The Bertz CT molecular complexity index is 1320. The third-order valence-corrected chi connectivity index (χ3v) is 7.50. The molecule has 1 aliphatic rings. The lowest BCUT2D eigenvalue weighted by molar-refractivity contribution is -0.146. The van der Waals surface area contributed by atoms with Crippen LogP contribution >= 0.6 is 0 Å². The summed E-state index contributed by atoms with van der Waals surface area (Å²) in [5.41, 5.74) is 3.02. The maximum atomic E-state index is 14.2. The van der Waals surface area contributed by atoms with Crippen LogP contribution in [-0.4, -0.2) is 67.3 Å². The van der Waals surface area contributed by atoms with Crippen LogP contribution in [0.3, 0.4) is 0 Å². The predicted molar refractivity (Wildman–Crippen MR) is 156 cm³/mol. The zero-order valence-electron chi connectivity index (χ0n) is 23.7. The number of benzene rings is 3. The van der Waals surface area contributed by atoms with Crippen molar-refractivity contribution in [1.29, 1.82) is 0 Å². The molecular formula is C32H40N4O3. The Balaban J connectivity index is 1.64. The van der Waals surface area contributed by atoms with Gasteiger partial charge < -0.3 is 20.0 Å². The summed E-state index contributed by atoms with van der Waals surface area (Å²) in [6.45, 7) is 4.69. The van der Waals surface area contributed by atoms with Gasteiger partial charge in [-0.2, -0.15) is 0 Å². The number of nitrogens with one attached hydrogen (secondary N) is 1. The highest BCUT2D eigenvalue weighted by Gasteiger charge is 2.41. The number of likely N-dealkylation sites (N-methyl/N-ethyl adjacent to an activating group) is 1. The maximum absolute atomic E-state index is 14.2. The molecule has 1 heterocycles. The Labute approximate surface area is 231 Å². The SMILES string of the molecule is CNC(=O)C(Cc1ccc2ccccc2c1)N1CCC(=O)N(Cc2ccc(N(C)C)cc2)C(CC(C)C)C1=O. The molecule has 3 amide bonds. The van der Waals surface area contributed by atoms with Gasteiger partial charge in [-0.25, -0.2) is 0 Å². The molecule has 0 bridgehead atoms. The molecule has 3 aromatic rings. The fourth-order valence-electron chi connectivity index (χ4n) is 5.35. The van der Waals surface area contributed by atoms with Crippen LogP contribution in [0.4, 0.5) is 5.69 Å². The summed E-state index contributed by atoms with van der Waals surface area (Å²) in [5, 5.41) is 4.97. The zero-order chi connectivity index (χ0) is 28.1. The smallest absolute Gasteiger partial charge is 0.246 e. The fraction of sp³-hybridized carbons (Fsp3) is 0.406. The molecule has 206 valence electrons. The summed E-state index contributed by atoms with van der Waals surface area (Å²) >= 11 is 0. The number of anilines is 1. The van der Waals surface area contributed by atoms with Crippen molar-refractivity contribution >= 4 is 34.2 Å². The number of fused-ring (bicyclic) bond motifs is 1. The van der Waals surface area contributed by atoms with E-state index in [1.807, 2.05) is 73.6 Å². The number of nitrogens with zero attached hydrogens (tertiary/aromatic N) is 3. The van der Waals surface area contributed by atoms with E-state index in [1.165, 1.54) is 0 Å². The molecule has 0 aromatic heterocycles. The molecule has 39 heavy (non-hydrogen) atoms. The molecule has 1 fully saturated rings. The Morgan fingerprint density at radius 2 is 1.64 bits per heavy atom. The second kappa shape index (κ2) is 12.3. The molecule has 4 rings (SSSR count). The van der Waals surface area contributed by atoms with Crippen LogP contribution in [0.2, 0.25) is 0 Å². The largest absolute Gasteiger partial charge is 0.378 e. The van der Waals surface area contributed by atoms with E-state index in [0.717, 1.165) is 27.6 Å². The van der Waals surface area contributed by atoms with Crippen LogP contribution in [0.1, 0.15) is 37.8 Å². The first-order valence-corrected chi connectivity index (χ1v) is 13.7. The lowest BCUT2D eigenvalue weighted by Gasteiger charge is -2.35. The summed E-state index contributed by atoms with van der Waals surface area (Å²) in [6.07, 6.45) is 1.10. The normalized spacial score (nSPS) is 16.9. The minimum Gasteiger partial charge on any atom is -0.378 e. The van der Waals surface area contributed by atoms with Crippen LogP contribution in [0, 0.1) is 5.92 Å². The van der Waals surface area contributed by atoms with Crippen molar-refractivity contribution in [1.82, 2.24) is 15.1 Å². The van der Waals surface area contributed by atoms with Crippen LogP contribution in [0.25, 0.3) is 10.8 Å². The molecule has 0 radical (unpaired) electrons. The summed E-state index contributed by atoms with van der Waals surface area (Å²) < 4.78 is 0. The van der Waals surface area contributed by atoms with Gasteiger partial charge in [-0.15, -0.1) is 0 Å². The standard InChI is InChI=1S/C32H40N4O3/c1-22(2)18-29-32(39)35(17-16-30(37)36(29)21-23-11-14-27(15-12-23)34(4)5)28(31(38)33-3)20-24-10-13-25-8-6-7-9-26(25)19-24/h6-15,19,22,28-29H,16-18,20-21H2,1-5H3,(H,33,38). The van der Waals surface area contributed by atoms with Crippen LogP contribution in [0.15, 0.2) is 66.7 Å². The molecule has 1 saturated heterocycles. The van der Waals surface area contributed by atoms with Gasteiger partial charge in [-0.05, 0) is 46.4 Å². The van der Waals surface area contributed by atoms with Gasteiger partial charge in [-0.1, -0.05) is 68.4 Å². The molecular weight excluding hydrogens is 488 g/mol. The first kappa shape index (κ1) is 28.1. The van der Waals surface area contributed by atoms with Crippen LogP contribution < -0.4 is 10.2 Å². The third kappa shape index (κ3) is 6.59. The first-order valence-electron chi connectivity index (χ1n) is 13.7. The molecule has 1 N–H and O–H groups in total. The molecule has 3 aromatic carbocycles. The van der Waals surface area contributed by atoms with Gasteiger partial charge in [0.05, 0.1) is 0 Å². The highest BCUT2D eigenvalue weighted by molar-refractivity contribution is 5.94. The van der Waals surface area contributed by atoms with Crippen molar-refractivity contribution in [2.75, 3.05) is 32.6 Å². The highest BCUT2D eigenvalue weighted by atomic mass is 16.2. The highest BCUT2D eigenvalue weighted by Crippen LogP contribution is 2.26. The van der Waals surface area contributed by atoms with Crippen molar-refractivity contribution in [3.8, 4) is 0 Å². The molecule has 0 saturated carbocycles. The lowest BCUT2D eigenvalue weighted by atomic mass is 9.97. The van der Waals surface area contributed by atoms with E-state index in [1.54, 1.807) is 16.8 Å². The predicted octanol–water partition coefficient (Wildman–Crippen LogP) is 4.24. The Morgan fingerprint density at radius 3 is 2.28 bits per heavy atom. The van der Waals surface area contributed by atoms with Crippen molar-refractivity contribution in [2.45, 2.75) is 51.7 Å². The minimum atomic E-state index is -0.703. The zero-order valence-corrected chi connectivity index (χ0v) is 23.7. The van der Waals surface area contributed by atoms with E-state index in [2.05, 4.69) is 31.3 Å². The van der Waals surface area contributed by atoms with E-state index >= 15 is 0 Å². The minimum absolute atomic E-state index is 0.0606. The van der Waals surface area contributed by atoms with Gasteiger partial charge in [0, 0.05) is 52.8 Å². The number of carbonyl (C=O) groups is 3. The molecule has 7 nitrogen and oxygen atoms in total. The molecule has 7 heteroatoms. The molecule has 1 aliphatic heterocycles. The third-order valence-electron chi connectivity index (χ3n) is 7.50. The summed E-state index contributed by atoms with van der Waals surface area (Å²) in [4.78, 5) is 46.3. The molecule has 0 aliphatic carbocycles. The molecule has 0 spiro atoms. The van der Waals surface area contributed by atoms with Gasteiger partial charge in [-0.3, -0.25) is 14.4 Å². The number of amides is 3. The maximum Gasteiger partial charge on any atom is 0.246 e. The number of hydrogen-bond acceptors (Lipinski definition) is 4. The monoisotopic (exact) mass is 528 g/mol. The van der Waals surface area contributed by atoms with Crippen molar-refractivity contribution in [3.63, 3.8) is 0 Å². The second-order valence-corrected chi connectivity index (χ2v) is 11.0. The topological polar surface area (TPSA) is 73.0 Å². The summed E-state index contributed by atoms with van der Waals surface area (Å²) in [5.74, 6) is -0.243. The van der Waals surface area contributed by atoms with Crippen LogP contribution in [-0.2, 0) is 27.3 Å². The van der Waals surface area contributed by atoms with E-state index < -0.39 is 12.1 Å². The number of rotatable bonds is 9. The van der Waals surface area contributed by atoms with Gasteiger partial charge in [0.25, 0.3) is 0 Å². The van der Waals surface area contributed by atoms with Crippen molar-refractivity contribution < 1.29 is 14.4 Å². The Morgan fingerprint density at radius 1 is 0.974 bits per heavy atom. The van der Waals surface area contributed by atoms with E-state index in [4.69, 9.17) is 0 Å². The van der Waals surface area contributed by atoms with Gasteiger partial charge in [0.1, 0.15) is 12.1 Å². The fourth-order valence-corrected chi connectivity index (χ4v) is 5.35. The Kier molecular flexibility index (Phi) is 8.90. The van der Waals surface area contributed by atoms with Gasteiger partial charge in [0.2, 0.25) is 17.7 Å². The van der Waals surface area contributed by atoms with Crippen LogP contribution in [0.5, 0.6) is 0 Å². The van der Waals surface area contributed by atoms with Gasteiger partial charge in [0.15, 0.2) is 0 Å². The van der Waals surface area contributed by atoms with E-state index in [9.17, 15) is 14.4 Å². The lowest BCUT2D eigenvalue weighted by Crippen LogP contribution is -2.54. The number of hydrogen-bond donors (Lipinski definition) is 1. The average molecular weight is 529 g/mol. The molecule has 2 unspecified atom stereocenters. The van der Waals surface area contributed by atoms with E-state index in [0.29, 0.717) is 19.4 Å². The average Bonchev–Trinajstić information content (AvgIpc) is 3.03. The second-order valence-electron chi connectivity index (χ2n) is 11.0. The quantitative estimate of drug-likeness (QED) is 0.451. The summed E-state index contributed by atoms with van der Waals surface area (Å²) in [7, 11) is 5.57. The van der Waals surface area contributed by atoms with Gasteiger partial charge >= 0.3 is 0 Å². The number of carbonyl (C=O) groups excluding carboxylic acids is 3. The summed E-state index contributed by atoms with van der Waals surface area (Å²) in [6, 6.07) is 21.0. The molecule has 2 atom stereocenters. The van der Waals surface area contributed by atoms with E-state index in [-0.39, 0.29) is 36.6 Å². The Hall–Kier alpha value is -3.87. The first-order chi connectivity index (χ1) is 18.7. The van der Waals surface area contributed by atoms with Crippen molar-refractivity contribution in [2.24, 2.45) is 5.92 Å². The van der Waals surface area contributed by atoms with Crippen molar-refractivity contribution in [3.05, 3.63) is 77.9 Å².